The van der Waals surface area contributed by atoms with Gasteiger partial charge in [-0.2, -0.15) is 0 Å². The van der Waals surface area contributed by atoms with E-state index in [1.54, 1.807) is 0 Å². The molecule has 11 heteroatoms. The van der Waals surface area contributed by atoms with Crippen LogP contribution >= 0.6 is 7.82 Å². The first kappa shape index (κ1) is 16.4. The van der Waals surface area contributed by atoms with E-state index in [1.165, 1.54) is 0 Å². The average molecular weight is 276 g/mol. The van der Waals surface area contributed by atoms with E-state index >= 15 is 0 Å². The summed E-state index contributed by atoms with van der Waals surface area (Å²) in [6.45, 7) is -0.960. The van der Waals surface area contributed by atoms with Gasteiger partial charge in [0.1, 0.15) is 18.3 Å². The molecule has 7 N–H and O–H groups in total. The van der Waals surface area contributed by atoms with Gasteiger partial charge in [-0.15, -0.1) is 0 Å². The van der Waals surface area contributed by atoms with Crippen LogP contribution in [0.4, 0.5) is 0 Å². The number of hydrogen-bond donors (Lipinski definition) is 7. The number of aliphatic hydroxyl groups is 5. The first-order valence-corrected chi connectivity index (χ1v) is 5.75. The van der Waals surface area contributed by atoms with Crippen molar-refractivity contribution < 1.29 is 49.2 Å². The Labute approximate surface area is 94.9 Å². The second-order valence-corrected chi connectivity index (χ2v) is 4.24. The molecular weight excluding hydrogens is 263 g/mol. The van der Waals surface area contributed by atoms with Gasteiger partial charge in [0.25, 0.3) is 0 Å². The SMILES string of the molecule is O=C(OP(=O)(O)O)[C@H](O)[C@@H](O)[C@H](O)[C@H](O)CO. The molecule has 0 aliphatic carbocycles. The highest BCUT2D eigenvalue weighted by Crippen LogP contribution is 2.36. The van der Waals surface area contributed by atoms with E-state index in [2.05, 4.69) is 4.52 Å². The Hall–Kier alpha value is -0.580. The van der Waals surface area contributed by atoms with Gasteiger partial charge in [-0.05, 0) is 0 Å². The maximum Gasteiger partial charge on any atom is 0.527 e. The van der Waals surface area contributed by atoms with Crippen molar-refractivity contribution in [3.8, 4) is 0 Å². The van der Waals surface area contributed by atoms with Crippen LogP contribution in [0, 0.1) is 0 Å². The number of carbonyl (C=O) groups is 1. The first-order chi connectivity index (χ1) is 7.60. The highest BCUT2D eigenvalue weighted by atomic mass is 31.2. The Balaban J connectivity index is 4.54. The molecular formula is C6H13O10P. The van der Waals surface area contributed by atoms with Crippen LogP contribution in [0.1, 0.15) is 0 Å². The predicted molar refractivity (Wildman–Crippen MR) is 49.2 cm³/mol. The molecule has 0 fully saturated rings. The lowest BCUT2D eigenvalue weighted by atomic mass is 10.0. The molecule has 0 spiro atoms. The molecule has 0 aromatic heterocycles. The standard InChI is InChI=1S/C6H13O10P/c7-1-2(8)3(9)4(10)5(11)6(12)16-17(13,14)15/h2-5,7-11H,1H2,(H2,13,14,15)/t2-,3-,4+,5-/m1/s1. The van der Waals surface area contributed by atoms with Crippen molar-refractivity contribution in [2.75, 3.05) is 6.61 Å². The fourth-order valence-corrected chi connectivity index (χ4v) is 1.18. The molecule has 17 heavy (non-hydrogen) atoms. The van der Waals surface area contributed by atoms with Gasteiger partial charge in [-0.25, -0.2) is 9.36 Å². The molecule has 0 saturated carbocycles. The molecule has 0 aliphatic rings. The lowest BCUT2D eigenvalue weighted by Crippen LogP contribution is -2.48. The minimum absolute atomic E-state index is 0.960. The lowest BCUT2D eigenvalue weighted by molar-refractivity contribution is -0.162. The van der Waals surface area contributed by atoms with Crippen molar-refractivity contribution in [1.29, 1.82) is 0 Å². The van der Waals surface area contributed by atoms with E-state index in [9.17, 15) is 9.36 Å². The molecule has 10 nitrogen and oxygen atoms in total. The molecule has 0 bridgehead atoms. The molecule has 4 atom stereocenters. The first-order valence-electron chi connectivity index (χ1n) is 4.22. The molecule has 0 heterocycles. The molecule has 0 aromatic rings. The molecule has 0 saturated heterocycles. The summed E-state index contributed by atoms with van der Waals surface area (Å²) in [7, 11) is -5.19. The van der Waals surface area contributed by atoms with Gasteiger partial charge in [0.2, 0.25) is 0 Å². The van der Waals surface area contributed by atoms with Crippen LogP contribution < -0.4 is 0 Å². The molecule has 0 unspecified atom stereocenters. The van der Waals surface area contributed by atoms with E-state index < -0.39 is 44.8 Å². The second-order valence-electron chi connectivity index (χ2n) is 3.08. The zero-order valence-corrected chi connectivity index (χ0v) is 9.21. The molecule has 102 valence electrons. The Bertz CT molecular complexity index is 299. The van der Waals surface area contributed by atoms with Gasteiger partial charge < -0.3 is 30.1 Å². The Morgan fingerprint density at radius 1 is 1.12 bits per heavy atom. The largest absolute Gasteiger partial charge is 0.527 e. The van der Waals surface area contributed by atoms with Crippen molar-refractivity contribution in [1.82, 2.24) is 0 Å². The molecule has 0 aliphatic heterocycles. The summed E-state index contributed by atoms with van der Waals surface area (Å²) in [6, 6.07) is 0. The van der Waals surface area contributed by atoms with Gasteiger partial charge in [-0.1, -0.05) is 0 Å². The number of phosphoric acid groups is 1. The number of carbonyl (C=O) groups excluding carboxylic acids is 1. The summed E-state index contributed by atoms with van der Waals surface area (Å²) < 4.78 is 13.7. The van der Waals surface area contributed by atoms with E-state index in [4.69, 9.17) is 35.3 Å². The fraction of sp³-hybridized carbons (Fsp3) is 0.833. The van der Waals surface area contributed by atoms with Gasteiger partial charge in [0.15, 0.2) is 6.10 Å². The zero-order valence-electron chi connectivity index (χ0n) is 8.32. The smallest absolute Gasteiger partial charge is 0.394 e. The molecule has 0 radical (unpaired) electrons. The van der Waals surface area contributed by atoms with Crippen molar-refractivity contribution in [2.24, 2.45) is 0 Å². The van der Waals surface area contributed by atoms with E-state index in [0.717, 1.165) is 0 Å². The van der Waals surface area contributed by atoms with E-state index in [1.807, 2.05) is 0 Å². The molecule has 0 rings (SSSR count). The van der Waals surface area contributed by atoms with Crippen molar-refractivity contribution in [2.45, 2.75) is 24.4 Å². The highest BCUT2D eigenvalue weighted by Gasteiger charge is 2.37. The van der Waals surface area contributed by atoms with Gasteiger partial charge >= 0.3 is 13.8 Å². The fourth-order valence-electron chi connectivity index (χ4n) is 0.833. The summed E-state index contributed by atoms with van der Waals surface area (Å²) >= 11 is 0. The second kappa shape index (κ2) is 6.38. The maximum absolute atomic E-state index is 10.8. The Morgan fingerprint density at radius 3 is 1.94 bits per heavy atom. The topological polar surface area (TPSA) is 185 Å². The van der Waals surface area contributed by atoms with Gasteiger partial charge in [0, 0.05) is 0 Å². The maximum atomic E-state index is 10.8. The number of phosphoric ester groups is 1. The Morgan fingerprint density at radius 2 is 1.59 bits per heavy atom. The Kier molecular flexibility index (Phi) is 6.16. The molecule has 0 aromatic carbocycles. The third-order valence-corrected chi connectivity index (χ3v) is 2.12. The quantitative estimate of drug-likeness (QED) is 0.236. The van der Waals surface area contributed by atoms with Gasteiger partial charge in [0.05, 0.1) is 6.61 Å². The number of rotatable bonds is 6. The monoisotopic (exact) mass is 276 g/mol. The van der Waals surface area contributed by atoms with Crippen LogP contribution in [0.15, 0.2) is 0 Å². The van der Waals surface area contributed by atoms with Crippen LogP contribution in [0.2, 0.25) is 0 Å². The van der Waals surface area contributed by atoms with E-state index in [-0.39, 0.29) is 0 Å². The summed E-state index contributed by atoms with van der Waals surface area (Å²) in [5, 5.41) is 44.6. The summed E-state index contributed by atoms with van der Waals surface area (Å²) in [4.78, 5) is 27.3. The van der Waals surface area contributed by atoms with Crippen LogP contribution in [-0.4, -0.2) is 72.3 Å². The highest BCUT2D eigenvalue weighted by molar-refractivity contribution is 7.46. The predicted octanol–water partition coefficient (Wildman–Crippen LogP) is -3.94. The van der Waals surface area contributed by atoms with Crippen LogP contribution in [0.25, 0.3) is 0 Å². The van der Waals surface area contributed by atoms with Crippen LogP contribution in [0.3, 0.4) is 0 Å². The summed E-state index contributed by atoms with van der Waals surface area (Å²) in [5.74, 6) is -1.88. The normalized spacial score (nSPS) is 19.2. The lowest BCUT2D eigenvalue weighted by Gasteiger charge is -2.24. The van der Waals surface area contributed by atoms with Gasteiger partial charge in [-0.3, -0.25) is 9.79 Å². The molecule has 0 amide bonds. The van der Waals surface area contributed by atoms with Crippen molar-refractivity contribution >= 4 is 13.8 Å². The zero-order chi connectivity index (χ0) is 13.8. The third kappa shape index (κ3) is 5.52. The summed E-state index contributed by atoms with van der Waals surface area (Å²) in [6.07, 6.45) is -8.71. The van der Waals surface area contributed by atoms with Crippen molar-refractivity contribution in [3.05, 3.63) is 0 Å². The summed E-state index contributed by atoms with van der Waals surface area (Å²) in [5.41, 5.74) is 0. The van der Waals surface area contributed by atoms with Crippen LogP contribution in [0.5, 0.6) is 0 Å². The minimum Gasteiger partial charge on any atom is -0.394 e. The average Bonchev–Trinajstić information content (AvgIpc) is 2.22. The minimum atomic E-state index is -5.19. The van der Waals surface area contributed by atoms with Crippen LogP contribution in [-0.2, 0) is 13.9 Å². The number of hydrogen-bond acceptors (Lipinski definition) is 8. The third-order valence-electron chi connectivity index (χ3n) is 1.71. The number of aliphatic hydroxyl groups excluding tert-OH is 5. The van der Waals surface area contributed by atoms with E-state index in [0.29, 0.717) is 0 Å². The van der Waals surface area contributed by atoms with Crippen molar-refractivity contribution in [3.63, 3.8) is 0 Å².